The zero-order valence-electron chi connectivity index (χ0n) is 14.4. The first-order chi connectivity index (χ1) is 11.9. The lowest BCUT2D eigenvalue weighted by Crippen LogP contribution is -2.40. The number of thiophene rings is 1. The summed E-state index contributed by atoms with van der Waals surface area (Å²) in [5.41, 5.74) is 2.07. The van der Waals surface area contributed by atoms with E-state index in [0.29, 0.717) is 21.2 Å². The highest BCUT2D eigenvalue weighted by Gasteiger charge is 2.30. The Bertz CT molecular complexity index is 832. The minimum atomic E-state index is -0.184. The molecule has 2 heterocycles. The maximum absolute atomic E-state index is 13.2. The Balaban J connectivity index is 2.07. The van der Waals surface area contributed by atoms with Crippen LogP contribution < -0.4 is 5.32 Å². The van der Waals surface area contributed by atoms with Gasteiger partial charge in [0, 0.05) is 44.5 Å². The van der Waals surface area contributed by atoms with Crippen LogP contribution in [0.2, 0.25) is 5.02 Å². The molecule has 0 saturated carbocycles. The Hall–Kier alpha value is -1.73. The minimum absolute atomic E-state index is 0.134. The molecule has 1 aromatic heterocycles. The smallest absolute Gasteiger partial charge is 0.221 e. The third-order valence-corrected chi connectivity index (χ3v) is 5.70. The number of nitrogens with one attached hydrogen (secondary N) is 1. The maximum atomic E-state index is 13.2. The molecule has 0 radical (unpaired) electrons. The predicted octanol–water partition coefficient (Wildman–Crippen LogP) is 3.43. The van der Waals surface area contributed by atoms with Gasteiger partial charge in [-0.3, -0.25) is 9.59 Å². The van der Waals surface area contributed by atoms with Gasteiger partial charge in [-0.15, -0.1) is 11.3 Å². The molecule has 25 heavy (non-hydrogen) atoms. The molecule has 0 fully saturated rings. The van der Waals surface area contributed by atoms with Crippen LogP contribution in [0, 0.1) is 0 Å². The van der Waals surface area contributed by atoms with Gasteiger partial charge in [0.25, 0.3) is 0 Å². The topological polar surface area (TPSA) is 52.7 Å². The highest BCUT2D eigenvalue weighted by molar-refractivity contribution is 7.17. The van der Waals surface area contributed by atoms with E-state index >= 15 is 0 Å². The number of carbonyl (C=O) groups excluding carboxylic acids is 2. The number of amides is 1. The molecule has 132 valence electrons. The highest BCUT2D eigenvalue weighted by atomic mass is 35.5. The SMILES string of the molecule is CC(=O)Nc1sc2c(c1C(=O)c1ccccc1Cl)CCN(N(C)C)C2. The average Bonchev–Trinajstić information content (AvgIpc) is 2.90. The number of hydrogen-bond acceptors (Lipinski definition) is 5. The second-order valence-electron chi connectivity index (χ2n) is 6.18. The number of benzene rings is 1. The number of hydrazine groups is 1. The van der Waals surface area contributed by atoms with Crippen molar-refractivity contribution in [3.05, 3.63) is 50.9 Å². The summed E-state index contributed by atoms with van der Waals surface area (Å²) in [6, 6.07) is 7.02. The number of nitrogens with zero attached hydrogens (tertiary/aromatic N) is 2. The van der Waals surface area contributed by atoms with E-state index in [1.54, 1.807) is 24.3 Å². The Morgan fingerprint density at radius 3 is 2.64 bits per heavy atom. The van der Waals surface area contributed by atoms with Gasteiger partial charge in [0.05, 0.1) is 10.6 Å². The molecule has 0 spiro atoms. The number of ketones is 1. The molecule has 7 heteroatoms. The van der Waals surface area contributed by atoms with Crippen molar-refractivity contribution in [1.29, 1.82) is 0 Å². The van der Waals surface area contributed by atoms with Crippen LogP contribution in [0.15, 0.2) is 24.3 Å². The number of carbonyl (C=O) groups is 2. The van der Waals surface area contributed by atoms with E-state index < -0.39 is 0 Å². The van der Waals surface area contributed by atoms with Crippen LogP contribution in [0.4, 0.5) is 5.00 Å². The third kappa shape index (κ3) is 3.62. The first-order valence-corrected chi connectivity index (χ1v) is 9.21. The van der Waals surface area contributed by atoms with Crippen molar-refractivity contribution in [2.75, 3.05) is 26.0 Å². The standard InChI is InChI=1S/C18H20ClN3O2S/c1-11(23)20-18-16(17(24)12-6-4-5-7-14(12)19)13-8-9-22(21(2)3)10-15(13)25-18/h4-7H,8-10H2,1-3H3,(H,20,23). The molecule has 2 aromatic rings. The number of halogens is 1. The number of anilines is 1. The van der Waals surface area contributed by atoms with E-state index in [4.69, 9.17) is 11.6 Å². The summed E-state index contributed by atoms with van der Waals surface area (Å²) in [6.45, 7) is 3.02. The summed E-state index contributed by atoms with van der Waals surface area (Å²) in [5.74, 6) is -0.318. The quantitative estimate of drug-likeness (QED) is 0.829. The maximum Gasteiger partial charge on any atom is 0.221 e. The van der Waals surface area contributed by atoms with Crippen molar-refractivity contribution >= 4 is 39.6 Å². The van der Waals surface area contributed by atoms with Crippen LogP contribution in [0.3, 0.4) is 0 Å². The largest absolute Gasteiger partial charge is 0.317 e. The molecule has 0 atom stereocenters. The normalized spacial score (nSPS) is 14.4. The second-order valence-corrected chi connectivity index (χ2v) is 7.70. The zero-order valence-corrected chi connectivity index (χ0v) is 16.0. The van der Waals surface area contributed by atoms with E-state index in [2.05, 4.69) is 15.3 Å². The van der Waals surface area contributed by atoms with Crippen molar-refractivity contribution in [3.63, 3.8) is 0 Å². The van der Waals surface area contributed by atoms with E-state index in [9.17, 15) is 9.59 Å². The van der Waals surface area contributed by atoms with Crippen molar-refractivity contribution in [2.45, 2.75) is 19.9 Å². The molecule has 3 rings (SSSR count). The van der Waals surface area contributed by atoms with Crippen LogP contribution in [0.1, 0.15) is 33.3 Å². The van der Waals surface area contributed by atoms with Gasteiger partial charge in [-0.1, -0.05) is 23.7 Å². The molecule has 0 aliphatic carbocycles. The van der Waals surface area contributed by atoms with Gasteiger partial charge in [-0.25, -0.2) is 10.0 Å². The summed E-state index contributed by atoms with van der Waals surface area (Å²) in [5, 5.41) is 8.13. The van der Waals surface area contributed by atoms with Crippen LogP contribution in [-0.2, 0) is 17.8 Å². The first-order valence-electron chi connectivity index (χ1n) is 8.02. The summed E-state index contributed by atoms with van der Waals surface area (Å²) < 4.78 is 0. The fourth-order valence-electron chi connectivity index (χ4n) is 3.00. The monoisotopic (exact) mass is 377 g/mol. The van der Waals surface area contributed by atoms with Crippen molar-refractivity contribution < 1.29 is 9.59 Å². The summed E-state index contributed by atoms with van der Waals surface area (Å²) in [6.07, 6.45) is 0.759. The number of rotatable bonds is 4. The fourth-order valence-corrected chi connectivity index (χ4v) is 4.52. The van der Waals surface area contributed by atoms with Crippen LogP contribution in [0.25, 0.3) is 0 Å². The molecular formula is C18H20ClN3O2S. The molecule has 1 amide bonds. The Morgan fingerprint density at radius 2 is 2.00 bits per heavy atom. The molecule has 0 unspecified atom stereocenters. The van der Waals surface area contributed by atoms with E-state index in [1.165, 1.54) is 18.3 Å². The van der Waals surface area contributed by atoms with E-state index in [-0.39, 0.29) is 11.7 Å². The molecule has 1 aromatic carbocycles. The van der Waals surface area contributed by atoms with Crippen LogP contribution in [0.5, 0.6) is 0 Å². The lowest BCUT2D eigenvalue weighted by Gasteiger charge is -2.32. The van der Waals surface area contributed by atoms with Crippen LogP contribution in [-0.4, -0.2) is 42.3 Å². The Labute approximate surface area is 156 Å². The van der Waals surface area contributed by atoms with Gasteiger partial charge >= 0.3 is 0 Å². The summed E-state index contributed by atoms with van der Waals surface area (Å²) in [7, 11) is 4.01. The summed E-state index contributed by atoms with van der Waals surface area (Å²) in [4.78, 5) is 25.9. The van der Waals surface area contributed by atoms with Gasteiger partial charge in [-0.2, -0.15) is 0 Å². The molecule has 5 nitrogen and oxygen atoms in total. The Kier molecular flexibility index (Phi) is 5.24. The van der Waals surface area contributed by atoms with Crippen molar-refractivity contribution in [2.24, 2.45) is 0 Å². The van der Waals surface area contributed by atoms with Gasteiger partial charge in [0.2, 0.25) is 5.91 Å². The van der Waals surface area contributed by atoms with Crippen molar-refractivity contribution in [3.8, 4) is 0 Å². The average molecular weight is 378 g/mol. The molecule has 1 aliphatic heterocycles. The molecule has 0 saturated heterocycles. The lowest BCUT2D eigenvalue weighted by molar-refractivity contribution is -0.114. The molecule has 0 bridgehead atoms. The van der Waals surface area contributed by atoms with Gasteiger partial charge in [0.15, 0.2) is 5.78 Å². The first kappa shape index (κ1) is 18.1. The van der Waals surface area contributed by atoms with E-state index in [0.717, 1.165) is 30.0 Å². The van der Waals surface area contributed by atoms with E-state index in [1.807, 2.05) is 14.1 Å². The highest BCUT2D eigenvalue weighted by Crippen LogP contribution is 2.39. The van der Waals surface area contributed by atoms with Gasteiger partial charge in [-0.05, 0) is 24.1 Å². The zero-order chi connectivity index (χ0) is 18.1. The fraction of sp³-hybridized carbons (Fsp3) is 0.333. The minimum Gasteiger partial charge on any atom is -0.317 e. The number of fused-ring (bicyclic) bond motifs is 1. The lowest BCUT2D eigenvalue weighted by atomic mass is 9.96. The summed E-state index contributed by atoms with van der Waals surface area (Å²) >= 11 is 7.70. The van der Waals surface area contributed by atoms with Crippen molar-refractivity contribution in [1.82, 2.24) is 10.0 Å². The Morgan fingerprint density at radius 1 is 1.28 bits per heavy atom. The molecule has 1 N–H and O–H groups in total. The second kappa shape index (κ2) is 7.25. The molecular weight excluding hydrogens is 358 g/mol. The number of hydrogen-bond donors (Lipinski definition) is 1. The van der Waals surface area contributed by atoms with Gasteiger partial charge < -0.3 is 5.32 Å². The van der Waals surface area contributed by atoms with Crippen LogP contribution >= 0.6 is 22.9 Å². The third-order valence-electron chi connectivity index (χ3n) is 4.24. The van der Waals surface area contributed by atoms with Gasteiger partial charge in [0.1, 0.15) is 5.00 Å². The molecule has 1 aliphatic rings. The predicted molar refractivity (Wildman–Crippen MR) is 101 cm³/mol.